The molecular formula is C16H38Br2N2S2. The average Bonchev–Trinajstić information content (AvgIpc) is 2.52. The molecular weight excluding hydrogens is 444 g/mol. The molecule has 0 rings (SSSR count). The first-order chi connectivity index (χ1) is 9.57. The van der Waals surface area contributed by atoms with E-state index in [1.54, 1.807) is 0 Å². The molecule has 0 heterocycles. The van der Waals surface area contributed by atoms with Crippen LogP contribution in [0.4, 0.5) is 0 Å². The third-order valence-electron chi connectivity index (χ3n) is 5.41. The summed E-state index contributed by atoms with van der Waals surface area (Å²) >= 11 is 0. The molecule has 0 aliphatic carbocycles. The maximum Gasteiger partial charge on any atom is 0.0886 e. The van der Waals surface area contributed by atoms with Crippen molar-refractivity contribution in [1.29, 1.82) is 0 Å². The summed E-state index contributed by atoms with van der Waals surface area (Å²) in [6.45, 7) is 24.3. The summed E-state index contributed by atoms with van der Waals surface area (Å²) in [5, 5.41) is 0. The predicted molar refractivity (Wildman–Crippen MR) is 98.4 cm³/mol. The van der Waals surface area contributed by atoms with Gasteiger partial charge in [-0.25, -0.2) is 0 Å². The molecule has 0 saturated carbocycles. The molecule has 138 valence electrons. The number of halogens is 2. The van der Waals surface area contributed by atoms with Gasteiger partial charge in [0.05, 0.1) is 63.9 Å². The number of hydrogen-bond donors (Lipinski definition) is 0. The Morgan fingerprint density at radius 3 is 0.909 bits per heavy atom. The lowest BCUT2D eigenvalue weighted by Crippen LogP contribution is -3.00. The molecule has 0 amide bonds. The fraction of sp³-hybridized carbons (Fsp3) is 1.00. The second-order valence-electron chi connectivity index (χ2n) is 5.67. The molecule has 6 heteroatoms. The summed E-state index contributed by atoms with van der Waals surface area (Å²) in [4.78, 5) is 0. The summed E-state index contributed by atoms with van der Waals surface area (Å²) in [6, 6.07) is 0. The van der Waals surface area contributed by atoms with Crippen molar-refractivity contribution in [3.05, 3.63) is 0 Å². The van der Waals surface area contributed by atoms with Crippen molar-refractivity contribution in [2.24, 2.45) is 0 Å². The highest BCUT2D eigenvalue weighted by molar-refractivity contribution is 8.76. The lowest BCUT2D eigenvalue weighted by Gasteiger charge is -2.36. The molecule has 0 atom stereocenters. The topological polar surface area (TPSA) is 0 Å². The van der Waals surface area contributed by atoms with Crippen molar-refractivity contribution < 1.29 is 42.9 Å². The zero-order valence-corrected chi connectivity index (χ0v) is 20.3. The SMILES string of the molecule is CC[N+](CC)(CC)CCSSCC[N+](CC)(CC)CC.[Br-].[Br-]. The van der Waals surface area contributed by atoms with Gasteiger partial charge in [0.25, 0.3) is 0 Å². The van der Waals surface area contributed by atoms with Crippen molar-refractivity contribution >= 4 is 21.6 Å². The van der Waals surface area contributed by atoms with Crippen LogP contribution in [-0.4, -0.2) is 72.8 Å². The second-order valence-corrected chi connectivity index (χ2v) is 8.37. The second kappa shape index (κ2) is 16.1. The van der Waals surface area contributed by atoms with Crippen LogP contribution in [0.5, 0.6) is 0 Å². The van der Waals surface area contributed by atoms with Gasteiger partial charge in [0.15, 0.2) is 0 Å². The first-order valence-electron chi connectivity index (χ1n) is 8.52. The van der Waals surface area contributed by atoms with Crippen LogP contribution in [0.25, 0.3) is 0 Å². The van der Waals surface area contributed by atoms with Gasteiger partial charge >= 0.3 is 0 Å². The maximum atomic E-state index is 2.33. The summed E-state index contributed by atoms with van der Waals surface area (Å²) in [5.41, 5.74) is 0. The van der Waals surface area contributed by atoms with Crippen LogP contribution in [0.3, 0.4) is 0 Å². The number of hydrogen-bond acceptors (Lipinski definition) is 2. The minimum atomic E-state index is 0. The lowest BCUT2D eigenvalue weighted by atomic mass is 10.3. The minimum Gasteiger partial charge on any atom is -1.00 e. The van der Waals surface area contributed by atoms with Gasteiger partial charge < -0.3 is 42.9 Å². The zero-order chi connectivity index (χ0) is 15.5. The Labute approximate surface area is 169 Å². The Morgan fingerprint density at radius 1 is 0.500 bits per heavy atom. The Morgan fingerprint density at radius 2 is 0.727 bits per heavy atom. The molecule has 0 N–H and O–H groups in total. The normalized spacial score (nSPS) is 11.7. The van der Waals surface area contributed by atoms with Crippen molar-refractivity contribution in [1.82, 2.24) is 0 Å². The van der Waals surface area contributed by atoms with Crippen LogP contribution in [0, 0.1) is 0 Å². The molecule has 0 aliphatic heterocycles. The van der Waals surface area contributed by atoms with E-state index in [0.29, 0.717) is 0 Å². The first-order valence-corrected chi connectivity index (χ1v) is 11.0. The summed E-state index contributed by atoms with van der Waals surface area (Å²) < 4.78 is 2.57. The molecule has 0 radical (unpaired) electrons. The number of rotatable bonds is 13. The van der Waals surface area contributed by atoms with Gasteiger partial charge in [0.1, 0.15) is 0 Å². The molecule has 0 aromatic rings. The smallest absolute Gasteiger partial charge is 0.0886 e. The van der Waals surface area contributed by atoms with Crippen molar-refractivity contribution in [2.75, 3.05) is 63.9 Å². The van der Waals surface area contributed by atoms with E-state index in [1.165, 1.54) is 72.8 Å². The van der Waals surface area contributed by atoms with E-state index in [0.717, 1.165) is 0 Å². The largest absolute Gasteiger partial charge is 1.00 e. The van der Waals surface area contributed by atoms with Crippen LogP contribution in [0.1, 0.15) is 41.5 Å². The van der Waals surface area contributed by atoms with Crippen molar-refractivity contribution in [3.8, 4) is 0 Å². The highest BCUT2D eigenvalue weighted by atomic mass is 79.9. The van der Waals surface area contributed by atoms with Crippen molar-refractivity contribution in [3.63, 3.8) is 0 Å². The molecule has 0 spiro atoms. The quantitative estimate of drug-likeness (QED) is 0.172. The maximum absolute atomic E-state index is 2.33. The number of quaternary nitrogens is 2. The van der Waals surface area contributed by atoms with E-state index in [4.69, 9.17) is 0 Å². The van der Waals surface area contributed by atoms with E-state index in [-0.39, 0.29) is 34.0 Å². The third kappa shape index (κ3) is 9.77. The summed E-state index contributed by atoms with van der Waals surface area (Å²) in [5.74, 6) is 2.59. The molecule has 0 aromatic carbocycles. The van der Waals surface area contributed by atoms with Gasteiger partial charge in [-0.3, -0.25) is 0 Å². The van der Waals surface area contributed by atoms with Gasteiger partial charge in [0.2, 0.25) is 0 Å². The Kier molecular flexibility index (Phi) is 20.7. The van der Waals surface area contributed by atoms with Crippen LogP contribution in [0.2, 0.25) is 0 Å². The molecule has 2 nitrogen and oxygen atoms in total. The van der Waals surface area contributed by atoms with Crippen LogP contribution in [0.15, 0.2) is 0 Å². The monoisotopic (exact) mass is 480 g/mol. The number of nitrogens with zero attached hydrogens (tertiary/aromatic N) is 2. The zero-order valence-electron chi connectivity index (χ0n) is 15.5. The van der Waals surface area contributed by atoms with Gasteiger partial charge in [-0.2, -0.15) is 0 Å². The van der Waals surface area contributed by atoms with Crippen LogP contribution >= 0.6 is 21.6 Å². The highest BCUT2D eigenvalue weighted by Crippen LogP contribution is 2.23. The average molecular weight is 482 g/mol. The molecule has 0 aliphatic rings. The third-order valence-corrected chi connectivity index (χ3v) is 7.77. The first kappa shape index (κ1) is 28.4. The van der Waals surface area contributed by atoms with E-state index in [2.05, 4.69) is 63.1 Å². The van der Waals surface area contributed by atoms with Gasteiger partial charge in [-0.1, -0.05) is 21.6 Å². The van der Waals surface area contributed by atoms with Crippen LogP contribution in [-0.2, 0) is 0 Å². The van der Waals surface area contributed by atoms with E-state index < -0.39 is 0 Å². The standard InChI is InChI=1S/C16H38N2S2.2BrH/c1-7-17(8-2,9-3)13-15-19-20-16-14-18(10-4,11-5)12-6;;/h7-16H2,1-6H3;2*1H/q+2;;/p-2. The highest BCUT2D eigenvalue weighted by Gasteiger charge is 2.21. The van der Waals surface area contributed by atoms with Gasteiger partial charge in [0, 0.05) is 0 Å². The van der Waals surface area contributed by atoms with Crippen molar-refractivity contribution in [2.45, 2.75) is 41.5 Å². The fourth-order valence-corrected chi connectivity index (χ4v) is 5.18. The fourth-order valence-electron chi connectivity index (χ4n) is 2.87. The van der Waals surface area contributed by atoms with Crippen LogP contribution < -0.4 is 34.0 Å². The summed E-state index contributed by atoms with van der Waals surface area (Å²) in [6.07, 6.45) is 0. The lowest BCUT2D eigenvalue weighted by molar-refractivity contribution is -0.921. The van der Waals surface area contributed by atoms with E-state index in [1.807, 2.05) is 0 Å². The summed E-state index contributed by atoms with van der Waals surface area (Å²) in [7, 11) is 4.18. The molecule has 0 fully saturated rings. The molecule has 22 heavy (non-hydrogen) atoms. The molecule has 0 saturated heterocycles. The van der Waals surface area contributed by atoms with E-state index >= 15 is 0 Å². The Bertz CT molecular complexity index is 196. The molecule has 0 bridgehead atoms. The molecule has 0 aromatic heterocycles. The van der Waals surface area contributed by atoms with Gasteiger partial charge in [-0.05, 0) is 41.5 Å². The van der Waals surface area contributed by atoms with Gasteiger partial charge in [-0.15, -0.1) is 0 Å². The Hall–Kier alpha value is 1.58. The Balaban J connectivity index is -0.00000180. The molecule has 0 unspecified atom stereocenters. The minimum absolute atomic E-state index is 0. The predicted octanol–water partition coefficient (Wildman–Crippen LogP) is -1.87. The van der Waals surface area contributed by atoms with E-state index in [9.17, 15) is 0 Å².